The van der Waals surface area contributed by atoms with Crippen molar-refractivity contribution in [1.82, 2.24) is 9.47 Å². The van der Waals surface area contributed by atoms with E-state index in [1.54, 1.807) is 16.5 Å². The van der Waals surface area contributed by atoms with Gasteiger partial charge in [0.05, 0.1) is 17.6 Å². The van der Waals surface area contributed by atoms with Gasteiger partial charge in [-0.25, -0.2) is 8.78 Å². The standard InChI is InChI=1S/C21H21F2N5O3/c1-27-20(31)17-19(30)18(29)14(10-28(17)11-21(27)5-2-6-21)16(26-24)9-25-8-12-3-4-13(22)7-15(12)23/h3-4,7,9-10,30H,2,5-6,8,11,24H2,1H3. The molecule has 0 bridgehead atoms. The van der Waals surface area contributed by atoms with Crippen LogP contribution in [0.5, 0.6) is 5.75 Å². The van der Waals surface area contributed by atoms with Crippen molar-refractivity contribution in [2.24, 2.45) is 15.9 Å². The number of nitrogens with zero attached hydrogens (tertiary/aromatic N) is 4. The van der Waals surface area contributed by atoms with Gasteiger partial charge < -0.3 is 20.4 Å². The molecule has 0 unspecified atom stereocenters. The summed E-state index contributed by atoms with van der Waals surface area (Å²) in [4.78, 5) is 31.2. The van der Waals surface area contributed by atoms with Crippen LogP contribution in [-0.2, 0) is 13.1 Å². The van der Waals surface area contributed by atoms with Crippen LogP contribution in [0.4, 0.5) is 8.78 Å². The first-order valence-electron chi connectivity index (χ1n) is 9.74. The number of aliphatic imine (C=N–C) groups is 1. The van der Waals surface area contributed by atoms with Gasteiger partial charge in [-0.05, 0) is 25.3 Å². The number of likely N-dealkylation sites (N-methyl/N-ethyl adjacent to an activating group) is 1. The van der Waals surface area contributed by atoms with Crippen molar-refractivity contribution in [1.29, 1.82) is 0 Å². The number of hydrogen-bond acceptors (Lipinski definition) is 6. The van der Waals surface area contributed by atoms with E-state index < -0.39 is 28.7 Å². The van der Waals surface area contributed by atoms with E-state index in [0.29, 0.717) is 6.54 Å². The molecule has 3 N–H and O–H groups in total. The predicted octanol–water partition coefficient (Wildman–Crippen LogP) is 1.77. The number of carbonyl (C=O) groups is 1. The van der Waals surface area contributed by atoms with E-state index in [-0.39, 0.29) is 34.6 Å². The van der Waals surface area contributed by atoms with Gasteiger partial charge >= 0.3 is 0 Å². The van der Waals surface area contributed by atoms with E-state index in [0.717, 1.165) is 31.4 Å². The van der Waals surface area contributed by atoms with Crippen molar-refractivity contribution >= 4 is 17.8 Å². The third kappa shape index (κ3) is 3.37. The van der Waals surface area contributed by atoms with Gasteiger partial charge in [0.15, 0.2) is 11.4 Å². The molecule has 1 fully saturated rings. The van der Waals surface area contributed by atoms with Gasteiger partial charge in [0.1, 0.15) is 17.3 Å². The number of nitrogens with two attached hydrogens (primary N) is 1. The molecule has 1 saturated carbocycles. The summed E-state index contributed by atoms with van der Waals surface area (Å²) in [6, 6.07) is 3.13. The molecule has 1 amide bonds. The average molecular weight is 429 g/mol. The Morgan fingerprint density at radius 3 is 2.68 bits per heavy atom. The van der Waals surface area contributed by atoms with Crippen LogP contribution in [0.25, 0.3) is 0 Å². The molecule has 0 saturated heterocycles. The Labute approximate surface area is 176 Å². The van der Waals surface area contributed by atoms with E-state index in [4.69, 9.17) is 5.84 Å². The van der Waals surface area contributed by atoms with Crippen LogP contribution < -0.4 is 11.3 Å². The largest absolute Gasteiger partial charge is 0.503 e. The minimum atomic E-state index is -0.804. The Kier molecular flexibility index (Phi) is 5.08. The highest BCUT2D eigenvalue weighted by atomic mass is 19.1. The van der Waals surface area contributed by atoms with Gasteiger partial charge in [0.2, 0.25) is 5.43 Å². The van der Waals surface area contributed by atoms with Gasteiger partial charge in [-0.15, -0.1) is 0 Å². The number of aromatic hydroxyl groups is 1. The Balaban J connectivity index is 1.67. The molecular formula is C21H21F2N5O3. The number of carbonyl (C=O) groups excluding carboxylic acids is 1. The molecule has 2 heterocycles. The number of benzene rings is 1. The number of pyridine rings is 1. The average Bonchev–Trinajstić information content (AvgIpc) is 2.71. The molecule has 1 spiro atoms. The van der Waals surface area contributed by atoms with E-state index >= 15 is 0 Å². The molecule has 162 valence electrons. The van der Waals surface area contributed by atoms with Crippen molar-refractivity contribution in [2.45, 2.75) is 37.9 Å². The van der Waals surface area contributed by atoms with Crippen molar-refractivity contribution < 1.29 is 18.7 Å². The number of hydrazone groups is 1. The second kappa shape index (κ2) is 7.60. The van der Waals surface area contributed by atoms with Crippen molar-refractivity contribution in [2.75, 3.05) is 7.05 Å². The minimum Gasteiger partial charge on any atom is -0.503 e. The first-order chi connectivity index (χ1) is 14.8. The summed E-state index contributed by atoms with van der Waals surface area (Å²) in [5, 5.41) is 14.1. The van der Waals surface area contributed by atoms with Crippen molar-refractivity contribution in [3.63, 3.8) is 0 Å². The number of halogens is 2. The molecule has 2 aromatic rings. The zero-order valence-corrected chi connectivity index (χ0v) is 16.8. The second-order valence-electron chi connectivity index (χ2n) is 7.86. The maximum Gasteiger partial charge on any atom is 0.274 e. The molecule has 1 aromatic heterocycles. The summed E-state index contributed by atoms with van der Waals surface area (Å²) in [6.07, 6.45) is 5.29. The zero-order valence-electron chi connectivity index (χ0n) is 16.8. The van der Waals surface area contributed by atoms with Gasteiger partial charge in [-0.1, -0.05) is 6.07 Å². The topological polar surface area (TPSA) is 113 Å². The zero-order chi connectivity index (χ0) is 22.3. The first kappa shape index (κ1) is 20.7. The molecule has 8 nitrogen and oxygen atoms in total. The summed E-state index contributed by atoms with van der Waals surface area (Å²) in [7, 11) is 1.68. The molecule has 1 aromatic carbocycles. The van der Waals surface area contributed by atoms with Gasteiger partial charge in [-0.3, -0.25) is 14.6 Å². The lowest BCUT2D eigenvalue weighted by Gasteiger charge is -2.52. The maximum absolute atomic E-state index is 13.8. The molecular weight excluding hydrogens is 408 g/mol. The number of hydrogen-bond donors (Lipinski definition) is 2. The monoisotopic (exact) mass is 429 g/mol. The Hall–Kier alpha value is -3.56. The van der Waals surface area contributed by atoms with Gasteiger partial charge in [0.25, 0.3) is 5.91 Å². The highest BCUT2D eigenvalue weighted by Gasteiger charge is 2.48. The Morgan fingerprint density at radius 1 is 1.32 bits per heavy atom. The van der Waals surface area contributed by atoms with Crippen LogP contribution in [-0.4, -0.2) is 45.0 Å². The molecule has 4 rings (SSSR count). The molecule has 10 heteroatoms. The van der Waals surface area contributed by atoms with E-state index in [2.05, 4.69) is 10.1 Å². The van der Waals surface area contributed by atoms with Crippen LogP contribution >= 0.6 is 0 Å². The lowest BCUT2D eigenvalue weighted by atomic mass is 9.74. The lowest BCUT2D eigenvalue weighted by molar-refractivity contribution is 0.00667. The highest BCUT2D eigenvalue weighted by molar-refractivity contribution is 6.38. The number of amides is 1. The predicted molar refractivity (Wildman–Crippen MR) is 110 cm³/mol. The Bertz CT molecular complexity index is 1180. The van der Waals surface area contributed by atoms with Crippen LogP contribution in [0.3, 0.4) is 0 Å². The third-order valence-corrected chi connectivity index (χ3v) is 6.13. The number of fused-ring (bicyclic) bond motifs is 1. The molecule has 2 aliphatic rings. The second-order valence-corrected chi connectivity index (χ2v) is 7.86. The van der Waals surface area contributed by atoms with Crippen LogP contribution in [0.1, 0.15) is 40.9 Å². The molecule has 31 heavy (non-hydrogen) atoms. The Morgan fingerprint density at radius 2 is 2.06 bits per heavy atom. The molecule has 0 atom stereocenters. The summed E-state index contributed by atoms with van der Waals surface area (Å²) in [5.41, 5.74) is -1.13. The fraction of sp³-hybridized carbons (Fsp3) is 0.333. The van der Waals surface area contributed by atoms with Gasteiger partial charge in [-0.2, -0.15) is 5.10 Å². The number of aromatic nitrogens is 1. The van der Waals surface area contributed by atoms with Gasteiger partial charge in [0, 0.05) is 37.6 Å². The normalized spacial score (nSPS) is 17.8. The van der Waals surface area contributed by atoms with Crippen molar-refractivity contribution in [3.05, 3.63) is 63.1 Å². The molecule has 1 aliphatic heterocycles. The summed E-state index contributed by atoms with van der Waals surface area (Å²) >= 11 is 0. The fourth-order valence-electron chi connectivity index (χ4n) is 4.11. The molecule has 0 radical (unpaired) electrons. The smallest absolute Gasteiger partial charge is 0.274 e. The first-order valence-corrected chi connectivity index (χ1v) is 9.74. The fourth-order valence-corrected chi connectivity index (χ4v) is 4.11. The summed E-state index contributed by atoms with van der Waals surface area (Å²) in [6.45, 7) is 0.303. The molecule has 1 aliphatic carbocycles. The van der Waals surface area contributed by atoms with E-state index in [1.165, 1.54) is 18.5 Å². The quantitative estimate of drug-likeness (QED) is 0.438. The maximum atomic E-state index is 13.8. The minimum absolute atomic E-state index is 0.0288. The SMILES string of the molecule is CN1C(=O)c2c(O)c(=O)c(C(C=NCc3ccc(F)cc3F)=NN)cn2CC12CCC2. The van der Waals surface area contributed by atoms with E-state index in [1.807, 2.05) is 0 Å². The van der Waals surface area contributed by atoms with Crippen LogP contribution in [0.15, 0.2) is 39.3 Å². The summed E-state index contributed by atoms with van der Waals surface area (Å²) in [5.74, 6) is 2.90. The van der Waals surface area contributed by atoms with Crippen molar-refractivity contribution in [3.8, 4) is 5.75 Å². The highest BCUT2D eigenvalue weighted by Crippen LogP contribution is 2.42. The van der Waals surface area contributed by atoms with Crippen LogP contribution in [0, 0.1) is 11.6 Å². The van der Waals surface area contributed by atoms with Crippen LogP contribution in [0.2, 0.25) is 0 Å². The van der Waals surface area contributed by atoms with E-state index in [9.17, 15) is 23.5 Å². The lowest BCUT2D eigenvalue weighted by Crippen LogP contribution is -2.60. The number of rotatable bonds is 4. The third-order valence-electron chi connectivity index (χ3n) is 6.13. The summed E-state index contributed by atoms with van der Waals surface area (Å²) < 4.78 is 28.4.